The number of rotatable bonds is 11. The highest BCUT2D eigenvalue weighted by atomic mass is 16.6. The van der Waals surface area contributed by atoms with Gasteiger partial charge in [0, 0.05) is 59.4 Å². The Morgan fingerprint density at radius 3 is 2.35 bits per heavy atom. The molecule has 5 aromatic rings. The molecular formula is C42H47N3O10. The number of pyridine rings is 1. The number of fused-ring (bicyclic) bond motifs is 4. The number of hydrogen-bond donors (Lipinski definition) is 3. The first-order valence-electron chi connectivity index (χ1n) is 18.0. The number of aromatic carboxylic acids is 1. The van der Waals surface area contributed by atoms with Crippen molar-refractivity contribution in [3.63, 3.8) is 0 Å². The Labute approximate surface area is 318 Å². The lowest BCUT2D eigenvalue weighted by atomic mass is 9.96. The van der Waals surface area contributed by atoms with Gasteiger partial charge in [0.25, 0.3) is 5.56 Å². The van der Waals surface area contributed by atoms with Crippen LogP contribution in [0.5, 0.6) is 17.2 Å². The van der Waals surface area contributed by atoms with Crippen LogP contribution in [0.4, 0.5) is 4.79 Å². The molecule has 2 atom stereocenters. The fourth-order valence-electron chi connectivity index (χ4n) is 7.05. The highest BCUT2D eigenvalue weighted by Crippen LogP contribution is 2.44. The van der Waals surface area contributed by atoms with E-state index in [1.165, 1.54) is 18.8 Å². The van der Waals surface area contributed by atoms with Gasteiger partial charge in [0.15, 0.2) is 5.56 Å². The maximum atomic E-state index is 14.6. The molecule has 0 saturated heterocycles. The zero-order chi connectivity index (χ0) is 39.8. The molecule has 1 aliphatic rings. The van der Waals surface area contributed by atoms with Crippen molar-refractivity contribution in [1.29, 1.82) is 0 Å². The number of hydrogen-bond acceptors (Lipinski definition) is 9. The second kappa shape index (κ2) is 15.5. The maximum Gasteiger partial charge on any atom is 0.410 e. The van der Waals surface area contributed by atoms with Crippen molar-refractivity contribution < 1.29 is 43.9 Å². The van der Waals surface area contributed by atoms with Crippen molar-refractivity contribution in [2.75, 3.05) is 20.8 Å². The topological polar surface area (TPSA) is 162 Å². The van der Waals surface area contributed by atoms with E-state index in [2.05, 4.69) is 0 Å². The number of amides is 1. The second-order valence-electron chi connectivity index (χ2n) is 14.6. The summed E-state index contributed by atoms with van der Waals surface area (Å²) in [4.78, 5) is 42.3. The molecule has 0 saturated carbocycles. The van der Waals surface area contributed by atoms with Gasteiger partial charge in [0.1, 0.15) is 35.6 Å². The van der Waals surface area contributed by atoms with Crippen molar-refractivity contribution in [3.8, 4) is 28.5 Å². The summed E-state index contributed by atoms with van der Waals surface area (Å²) in [5, 5.41) is 34.6. The molecule has 2 heterocycles. The Hall–Kier alpha value is -5.79. The SMILES string of the molecule is CCN(Cc1cc2cc3c(cc2n1C)C(O)C(O)Cc1c(OCc2ccccc2)c(C(=O)O)c(=O)n(Cc2ccc(OC)cc2OC)c1-3)C(=O)OC(C)(C)C. The highest BCUT2D eigenvalue weighted by Gasteiger charge is 2.36. The normalized spacial score (nSPS) is 15.1. The standard InChI is InChI=1S/C42H47N3O10/c1-8-44(41(51)55-42(2,3)4)22-27-16-26-17-29-30(19-32(26)43(27)5)37(47)33(46)20-31-36(29)45(21-25-14-15-28(52-6)18-34(25)53-7)39(48)35(40(49)50)38(31)54-23-24-12-10-9-11-13-24/h9-19,33,37,46-47H,8,20-23H2,1-7H3,(H,49,50). The number of aliphatic hydroxyl groups excluding tert-OH is 2. The highest BCUT2D eigenvalue weighted by molar-refractivity contribution is 5.94. The van der Waals surface area contributed by atoms with E-state index in [0.717, 1.165) is 16.6 Å². The molecule has 290 valence electrons. The van der Waals surface area contributed by atoms with Gasteiger partial charge in [-0.05, 0) is 69.2 Å². The average Bonchev–Trinajstić information content (AvgIpc) is 3.40. The van der Waals surface area contributed by atoms with Crippen LogP contribution in [0.25, 0.3) is 22.2 Å². The van der Waals surface area contributed by atoms with Crippen molar-refractivity contribution in [2.24, 2.45) is 7.05 Å². The van der Waals surface area contributed by atoms with Crippen LogP contribution < -0.4 is 19.8 Å². The Morgan fingerprint density at radius 1 is 0.982 bits per heavy atom. The molecule has 0 bridgehead atoms. The molecule has 13 nitrogen and oxygen atoms in total. The number of ether oxygens (including phenoxy) is 4. The van der Waals surface area contributed by atoms with Crippen LogP contribution in [0, 0.1) is 0 Å². The maximum absolute atomic E-state index is 14.6. The smallest absolute Gasteiger partial charge is 0.410 e. The van der Waals surface area contributed by atoms with Crippen molar-refractivity contribution in [2.45, 2.75) is 71.6 Å². The lowest BCUT2D eigenvalue weighted by Gasteiger charge is -2.26. The van der Waals surface area contributed by atoms with Crippen LogP contribution in [0.3, 0.4) is 0 Å². The molecule has 0 radical (unpaired) electrons. The average molecular weight is 754 g/mol. The van der Waals surface area contributed by atoms with Gasteiger partial charge in [-0.15, -0.1) is 0 Å². The number of carboxylic acid groups (broad SMARTS) is 1. The van der Waals surface area contributed by atoms with E-state index in [1.54, 1.807) is 29.2 Å². The molecule has 2 aromatic heterocycles. The first-order chi connectivity index (χ1) is 26.1. The number of benzene rings is 3. The van der Waals surface area contributed by atoms with Crippen LogP contribution in [0.15, 0.2) is 71.5 Å². The van der Waals surface area contributed by atoms with Crippen molar-refractivity contribution >= 4 is 23.0 Å². The van der Waals surface area contributed by atoms with Gasteiger partial charge in [0.05, 0.1) is 39.1 Å². The van der Waals surface area contributed by atoms with Gasteiger partial charge in [-0.3, -0.25) is 4.79 Å². The van der Waals surface area contributed by atoms with Crippen molar-refractivity contribution in [1.82, 2.24) is 14.0 Å². The number of aromatic nitrogens is 2. The summed E-state index contributed by atoms with van der Waals surface area (Å²) in [6.07, 6.45) is -3.51. The first kappa shape index (κ1) is 38.9. The fraction of sp³-hybridized carbons (Fsp3) is 0.357. The minimum Gasteiger partial charge on any atom is -0.497 e. The predicted octanol–water partition coefficient (Wildman–Crippen LogP) is 6.06. The van der Waals surface area contributed by atoms with Gasteiger partial charge < -0.3 is 48.3 Å². The molecule has 13 heteroatoms. The van der Waals surface area contributed by atoms with E-state index >= 15 is 0 Å². The molecule has 55 heavy (non-hydrogen) atoms. The molecule has 1 amide bonds. The third kappa shape index (κ3) is 7.76. The minimum atomic E-state index is -1.50. The fourth-order valence-corrected chi connectivity index (χ4v) is 7.05. The summed E-state index contributed by atoms with van der Waals surface area (Å²) in [6, 6.07) is 19.7. The zero-order valence-electron chi connectivity index (χ0n) is 32.1. The Morgan fingerprint density at radius 2 is 1.71 bits per heavy atom. The molecule has 1 aliphatic carbocycles. The summed E-state index contributed by atoms with van der Waals surface area (Å²) in [6.45, 7) is 7.73. The number of nitrogens with zero attached hydrogens (tertiary/aromatic N) is 3. The van der Waals surface area contributed by atoms with E-state index in [4.69, 9.17) is 18.9 Å². The molecule has 3 N–H and O–H groups in total. The number of methoxy groups -OCH3 is 2. The third-order valence-electron chi connectivity index (χ3n) is 9.83. The summed E-state index contributed by atoms with van der Waals surface area (Å²) in [7, 11) is 4.85. The Balaban J connectivity index is 1.61. The molecule has 0 fully saturated rings. The first-order valence-corrected chi connectivity index (χ1v) is 18.0. The van der Waals surface area contributed by atoms with E-state index < -0.39 is 41.0 Å². The third-order valence-corrected chi connectivity index (χ3v) is 9.83. The summed E-state index contributed by atoms with van der Waals surface area (Å²) < 4.78 is 26.2. The number of aryl methyl sites for hydroxylation is 1. The summed E-state index contributed by atoms with van der Waals surface area (Å²) in [5.74, 6) is -0.753. The van der Waals surface area contributed by atoms with Gasteiger partial charge >= 0.3 is 12.1 Å². The van der Waals surface area contributed by atoms with Gasteiger partial charge in [0.2, 0.25) is 0 Å². The van der Waals surface area contributed by atoms with Gasteiger partial charge in [-0.2, -0.15) is 0 Å². The number of aliphatic hydroxyl groups is 2. The second-order valence-corrected chi connectivity index (χ2v) is 14.6. The van der Waals surface area contributed by atoms with Gasteiger partial charge in [-0.1, -0.05) is 30.3 Å². The Bertz CT molecular complexity index is 2310. The predicted molar refractivity (Wildman–Crippen MR) is 206 cm³/mol. The molecule has 3 aromatic carbocycles. The number of carbonyl (C=O) groups is 2. The quantitative estimate of drug-likeness (QED) is 0.145. The molecule has 6 rings (SSSR count). The van der Waals surface area contributed by atoms with E-state index in [0.29, 0.717) is 40.3 Å². The van der Waals surface area contributed by atoms with Crippen LogP contribution in [0.2, 0.25) is 0 Å². The van der Waals surface area contributed by atoms with Gasteiger partial charge in [-0.25, -0.2) is 9.59 Å². The van der Waals surface area contributed by atoms with Crippen LogP contribution in [-0.4, -0.2) is 73.9 Å². The monoisotopic (exact) mass is 753 g/mol. The largest absolute Gasteiger partial charge is 0.497 e. The molecule has 2 unspecified atom stereocenters. The van der Waals surface area contributed by atoms with Crippen molar-refractivity contribution in [3.05, 3.63) is 111 Å². The Kier molecular flexibility index (Phi) is 11.0. The zero-order valence-corrected chi connectivity index (χ0v) is 32.1. The summed E-state index contributed by atoms with van der Waals surface area (Å²) in [5.41, 5.74) is 1.93. The van der Waals surface area contributed by atoms with E-state index in [-0.39, 0.29) is 43.1 Å². The lowest BCUT2D eigenvalue weighted by molar-refractivity contribution is 0.0200. The molecule has 0 aliphatic heterocycles. The van der Waals surface area contributed by atoms with E-state index in [1.807, 2.05) is 81.8 Å². The number of carboxylic acids is 1. The minimum absolute atomic E-state index is 0.0541. The van der Waals surface area contributed by atoms with Crippen LogP contribution in [0.1, 0.15) is 72.1 Å². The summed E-state index contributed by atoms with van der Waals surface area (Å²) >= 11 is 0. The van der Waals surface area contributed by atoms with Crippen LogP contribution >= 0.6 is 0 Å². The lowest BCUT2D eigenvalue weighted by Crippen LogP contribution is -2.36. The number of carbonyl (C=O) groups excluding carboxylic acids is 1. The molecule has 0 spiro atoms. The van der Waals surface area contributed by atoms with Crippen LogP contribution in [-0.2, 0) is 37.9 Å². The van der Waals surface area contributed by atoms with E-state index in [9.17, 15) is 29.7 Å². The molecular weight excluding hydrogens is 706 g/mol.